The van der Waals surface area contributed by atoms with Gasteiger partial charge >= 0.3 is 0 Å². The molecule has 0 radical (unpaired) electrons. The minimum atomic E-state index is -0.00825. The fraction of sp³-hybridized carbons (Fsp3) is 0.450. The third kappa shape index (κ3) is 4.16. The molecular formula is C20H26N4O. The smallest absolute Gasteiger partial charge is 0.274 e. The summed E-state index contributed by atoms with van der Waals surface area (Å²) in [5.74, 6) is 0.655. The van der Waals surface area contributed by atoms with Gasteiger partial charge in [-0.2, -0.15) is 0 Å². The van der Waals surface area contributed by atoms with Crippen LogP contribution >= 0.6 is 0 Å². The van der Waals surface area contributed by atoms with Crippen molar-refractivity contribution < 1.29 is 4.79 Å². The van der Waals surface area contributed by atoms with E-state index in [-0.39, 0.29) is 5.91 Å². The predicted octanol–water partition coefficient (Wildman–Crippen LogP) is 4.11. The van der Waals surface area contributed by atoms with Crippen molar-refractivity contribution in [3.05, 3.63) is 47.2 Å². The molecule has 25 heavy (non-hydrogen) atoms. The molecule has 1 N–H and O–H groups in total. The van der Waals surface area contributed by atoms with E-state index in [2.05, 4.69) is 47.6 Å². The Morgan fingerprint density at radius 2 is 1.84 bits per heavy atom. The lowest BCUT2D eigenvalue weighted by molar-refractivity contribution is 0.0754. The van der Waals surface area contributed by atoms with Crippen LogP contribution < -0.4 is 5.32 Å². The van der Waals surface area contributed by atoms with Crippen LogP contribution in [0.25, 0.3) is 0 Å². The molecule has 3 rings (SSSR count). The van der Waals surface area contributed by atoms with Crippen molar-refractivity contribution in [2.24, 2.45) is 0 Å². The van der Waals surface area contributed by atoms with Gasteiger partial charge in [0.2, 0.25) is 0 Å². The van der Waals surface area contributed by atoms with Crippen molar-refractivity contribution in [1.82, 2.24) is 15.1 Å². The number of hydrogen-bond acceptors (Lipinski definition) is 4. The van der Waals surface area contributed by atoms with Gasteiger partial charge in [0.05, 0.1) is 0 Å². The first kappa shape index (κ1) is 17.4. The number of nitrogens with zero attached hydrogens (tertiary/aromatic N) is 3. The Hall–Kier alpha value is -2.43. The van der Waals surface area contributed by atoms with E-state index in [1.807, 2.05) is 11.0 Å². The number of hydrogen-bond donors (Lipinski definition) is 1. The second kappa shape index (κ2) is 8.10. The predicted molar refractivity (Wildman–Crippen MR) is 100 cm³/mol. The fourth-order valence-corrected chi connectivity index (χ4v) is 3.28. The maximum absolute atomic E-state index is 12.6. The van der Waals surface area contributed by atoms with Gasteiger partial charge in [0.25, 0.3) is 5.91 Å². The van der Waals surface area contributed by atoms with Gasteiger partial charge in [-0.25, -0.2) is 0 Å². The van der Waals surface area contributed by atoms with Crippen LogP contribution in [0.2, 0.25) is 0 Å². The summed E-state index contributed by atoms with van der Waals surface area (Å²) in [7, 11) is 0. The van der Waals surface area contributed by atoms with Crippen molar-refractivity contribution in [3.63, 3.8) is 0 Å². The molecular weight excluding hydrogens is 312 g/mol. The molecule has 2 heterocycles. The molecule has 0 bridgehead atoms. The highest BCUT2D eigenvalue weighted by Gasteiger charge is 2.19. The Morgan fingerprint density at radius 1 is 1.08 bits per heavy atom. The molecule has 0 atom stereocenters. The maximum atomic E-state index is 12.6. The molecule has 1 fully saturated rings. The van der Waals surface area contributed by atoms with Crippen LogP contribution in [0.1, 0.15) is 54.2 Å². The van der Waals surface area contributed by atoms with E-state index in [4.69, 9.17) is 0 Å². The third-order valence-electron chi connectivity index (χ3n) is 4.77. The summed E-state index contributed by atoms with van der Waals surface area (Å²) in [5, 5.41) is 11.7. The Labute approximate surface area is 149 Å². The van der Waals surface area contributed by atoms with Crippen molar-refractivity contribution in [2.75, 3.05) is 18.4 Å². The number of benzene rings is 1. The quantitative estimate of drug-likeness (QED) is 0.911. The van der Waals surface area contributed by atoms with Gasteiger partial charge in [0.1, 0.15) is 0 Å². The normalized spacial score (nSPS) is 14.9. The van der Waals surface area contributed by atoms with Crippen LogP contribution in [-0.2, 0) is 6.42 Å². The lowest BCUT2D eigenvalue weighted by Crippen LogP contribution is -2.32. The summed E-state index contributed by atoms with van der Waals surface area (Å²) >= 11 is 0. The average molecular weight is 338 g/mol. The molecule has 5 heteroatoms. The van der Waals surface area contributed by atoms with Crippen LogP contribution in [0.5, 0.6) is 0 Å². The summed E-state index contributed by atoms with van der Waals surface area (Å²) in [4.78, 5) is 14.5. The van der Waals surface area contributed by atoms with Crippen LogP contribution in [0, 0.1) is 6.92 Å². The zero-order valence-electron chi connectivity index (χ0n) is 15.1. The van der Waals surface area contributed by atoms with Crippen molar-refractivity contribution in [3.8, 4) is 0 Å². The van der Waals surface area contributed by atoms with E-state index < -0.39 is 0 Å². The lowest BCUT2D eigenvalue weighted by atomic mass is 10.1. The molecule has 1 aromatic heterocycles. The van der Waals surface area contributed by atoms with E-state index in [1.54, 1.807) is 6.07 Å². The van der Waals surface area contributed by atoms with Gasteiger partial charge in [-0.15, -0.1) is 10.2 Å². The highest BCUT2D eigenvalue weighted by Crippen LogP contribution is 2.24. The summed E-state index contributed by atoms with van der Waals surface area (Å²) in [6.45, 7) is 5.86. The van der Waals surface area contributed by atoms with Gasteiger partial charge in [0.15, 0.2) is 11.5 Å². The standard InChI is InChI=1S/C20H26N4O/c1-3-16-10-8-9-15(2)19(16)21-18-12-11-17(22-23-18)20(25)24-13-6-4-5-7-14-24/h8-12H,3-7,13-14H2,1-2H3,(H,21,23). The number of anilines is 2. The van der Waals surface area contributed by atoms with Crippen molar-refractivity contribution >= 4 is 17.4 Å². The largest absolute Gasteiger partial charge is 0.338 e. The molecule has 0 aliphatic carbocycles. The number of aryl methyl sites for hydroxylation is 2. The summed E-state index contributed by atoms with van der Waals surface area (Å²) in [5.41, 5.74) is 3.91. The third-order valence-corrected chi connectivity index (χ3v) is 4.77. The maximum Gasteiger partial charge on any atom is 0.274 e. The second-order valence-corrected chi connectivity index (χ2v) is 6.60. The van der Waals surface area contributed by atoms with Gasteiger partial charge in [-0.05, 0) is 49.4 Å². The van der Waals surface area contributed by atoms with Crippen LogP contribution in [0.3, 0.4) is 0 Å². The fourth-order valence-electron chi connectivity index (χ4n) is 3.28. The topological polar surface area (TPSA) is 58.1 Å². The van der Waals surface area contributed by atoms with Gasteiger partial charge in [-0.1, -0.05) is 38.0 Å². The first-order valence-corrected chi connectivity index (χ1v) is 9.17. The summed E-state index contributed by atoms with van der Waals surface area (Å²) in [6.07, 6.45) is 5.50. The molecule has 132 valence electrons. The highest BCUT2D eigenvalue weighted by molar-refractivity contribution is 5.92. The Bertz CT molecular complexity index is 719. The Morgan fingerprint density at radius 3 is 2.48 bits per heavy atom. The number of nitrogens with one attached hydrogen (secondary N) is 1. The molecule has 1 amide bonds. The van der Waals surface area contributed by atoms with Crippen LogP contribution in [0.4, 0.5) is 11.5 Å². The van der Waals surface area contributed by atoms with Gasteiger partial charge in [-0.3, -0.25) is 4.79 Å². The number of carbonyl (C=O) groups excluding carboxylic acids is 1. The van der Waals surface area contributed by atoms with E-state index in [9.17, 15) is 4.79 Å². The Balaban J connectivity index is 1.73. The minimum absolute atomic E-state index is 0.00825. The monoisotopic (exact) mass is 338 g/mol. The lowest BCUT2D eigenvalue weighted by Gasteiger charge is -2.19. The second-order valence-electron chi connectivity index (χ2n) is 6.60. The zero-order chi connectivity index (χ0) is 17.6. The molecule has 0 saturated carbocycles. The highest BCUT2D eigenvalue weighted by atomic mass is 16.2. The first-order chi connectivity index (χ1) is 12.2. The first-order valence-electron chi connectivity index (χ1n) is 9.17. The van der Waals surface area contributed by atoms with Crippen molar-refractivity contribution in [2.45, 2.75) is 46.0 Å². The van der Waals surface area contributed by atoms with Gasteiger partial charge in [0, 0.05) is 18.8 Å². The van der Waals surface area contributed by atoms with Crippen LogP contribution in [0.15, 0.2) is 30.3 Å². The molecule has 1 saturated heterocycles. The molecule has 1 aliphatic rings. The van der Waals surface area contributed by atoms with Crippen LogP contribution in [-0.4, -0.2) is 34.1 Å². The number of likely N-dealkylation sites (tertiary alicyclic amines) is 1. The number of amides is 1. The summed E-state index contributed by atoms with van der Waals surface area (Å²) in [6, 6.07) is 9.86. The number of rotatable bonds is 4. The van der Waals surface area contributed by atoms with E-state index >= 15 is 0 Å². The molecule has 1 aromatic carbocycles. The number of aromatic nitrogens is 2. The van der Waals surface area contributed by atoms with Gasteiger partial charge < -0.3 is 10.2 Å². The molecule has 0 spiro atoms. The molecule has 5 nitrogen and oxygen atoms in total. The Kier molecular flexibility index (Phi) is 5.64. The molecule has 2 aromatic rings. The average Bonchev–Trinajstić information content (AvgIpc) is 2.93. The van der Waals surface area contributed by atoms with E-state index in [1.165, 1.54) is 24.0 Å². The minimum Gasteiger partial charge on any atom is -0.338 e. The number of carbonyl (C=O) groups is 1. The van der Waals surface area contributed by atoms with Crippen molar-refractivity contribution in [1.29, 1.82) is 0 Å². The summed E-state index contributed by atoms with van der Waals surface area (Å²) < 4.78 is 0. The number of para-hydroxylation sites is 1. The zero-order valence-corrected chi connectivity index (χ0v) is 15.1. The SMILES string of the molecule is CCc1cccc(C)c1Nc1ccc(C(=O)N2CCCCCC2)nn1. The van der Waals surface area contributed by atoms with E-state index in [0.717, 1.165) is 38.0 Å². The molecule has 1 aliphatic heterocycles. The molecule has 0 unspecified atom stereocenters. The van der Waals surface area contributed by atoms with E-state index in [0.29, 0.717) is 11.5 Å².